The number of halogens is 2. The molecule has 0 spiro atoms. The second-order valence-corrected chi connectivity index (χ2v) is 8.29. The summed E-state index contributed by atoms with van der Waals surface area (Å²) in [6.45, 7) is 2.73. The van der Waals surface area contributed by atoms with Crippen LogP contribution in [0.4, 0.5) is 0 Å². The van der Waals surface area contributed by atoms with Gasteiger partial charge in [-0.05, 0) is 54.8 Å². The summed E-state index contributed by atoms with van der Waals surface area (Å²) >= 11 is 9.26. The highest BCUT2D eigenvalue weighted by Crippen LogP contribution is 2.16. The van der Waals surface area contributed by atoms with E-state index in [-0.39, 0.29) is 24.4 Å². The number of carbonyl (C=O) groups excluding carboxylic acids is 2. The summed E-state index contributed by atoms with van der Waals surface area (Å²) in [4.78, 5) is 26.6. The zero-order chi connectivity index (χ0) is 19.9. The first kappa shape index (κ1) is 20.8. The van der Waals surface area contributed by atoms with Crippen LogP contribution in [0.3, 0.4) is 0 Å². The Bertz CT molecular complexity index is 803. The lowest BCUT2D eigenvalue weighted by Gasteiger charge is -2.32. The number of amides is 2. The maximum Gasteiger partial charge on any atom is 0.251 e. The van der Waals surface area contributed by atoms with Crippen LogP contribution in [0.5, 0.6) is 0 Å². The summed E-state index contributed by atoms with van der Waals surface area (Å²) in [7, 11) is 0. The minimum Gasteiger partial charge on any atom is -0.352 e. The van der Waals surface area contributed by atoms with Crippen LogP contribution in [0.25, 0.3) is 0 Å². The van der Waals surface area contributed by atoms with Crippen LogP contribution in [0.15, 0.2) is 53.0 Å². The molecule has 2 aromatic carbocycles. The lowest BCUT2D eigenvalue weighted by atomic mass is 10.0. The average Bonchev–Trinajstić information content (AvgIpc) is 2.70. The molecule has 0 aromatic heterocycles. The fraction of sp³-hybridized carbons (Fsp3) is 0.333. The molecule has 0 aliphatic carbocycles. The van der Waals surface area contributed by atoms with Crippen LogP contribution in [-0.2, 0) is 11.3 Å². The number of carbonyl (C=O) groups is 2. The molecule has 3 rings (SSSR count). The third-order valence-corrected chi connectivity index (χ3v) is 5.57. The van der Waals surface area contributed by atoms with Crippen molar-refractivity contribution in [2.24, 2.45) is 0 Å². The van der Waals surface area contributed by atoms with Crippen molar-refractivity contribution in [2.45, 2.75) is 25.4 Å². The molecule has 2 amide bonds. The number of rotatable bonds is 6. The van der Waals surface area contributed by atoms with Crippen molar-refractivity contribution >= 4 is 39.3 Å². The van der Waals surface area contributed by atoms with Crippen molar-refractivity contribution < 1.29 is 9.59 Å². The van der Waals surface area contributed by atoms with Crippen LogP contribution >= 0.6 is 27.5 Å². The van der Waals surface area contributed by atoms with Crippen molar-refractivity contribution in [1.29, 1.82) is 0 Å². The molecule has 0 unspecified atom stereocenters. The molecule has 0 atom stereocenters. The predicted octanol–water partition coefficient (Wildman–Crippen LogP) is 3.61. The quantitative estimate of drug-likeness (QED) is 0.686. The fourth-order valence-corrected chi connectivity index (χ4v) is 3.62. The molecule has 2 N–H and O–H groups in total. The summed E-state index contributed by atoms with van der Waals surface area (Å²) in [6.07, 6.45) is 1.81. The van der Waals surface area contributed by atoms with Gasteiger partial charge in [0, 0.05) is 40.7 Å². The van der Waals surface area contributed by atoms with Crippen LogP contribution in [-0.4, -0.2) is 42.4 Å². The van der Waals surface area contributed by atoms with Gasteiger partial charge in [0.1, 0.15) is 0 Å². The van der Waals surface area contributed by atoms with Gasteiger partial charge in [-0.25, -0.2) is 0 Å². The van der Waals surface area contributed by atoms with E-state index in [1.165, 1.54) is 5.56 Å². The Labute approximate surface area is 178 Å². The third kappa shape index (κ3) is 6.33. The Morgan fingerprint density at radius 2 is 1.68 bits per heavy atom. The normalized spacial score (nSPS) is 15.2. The van der Waals surface area contributed by atoms with Gasteiger partial charge >= 0.3 is 0 Å². The molecule has 1 aliphatic heterocycles. The minimum absolute atomic E-state index is 0.0140. The SMILES string of the molecule is O=C(CNC(=O)c1ccc(Br)cc1)NC1CCN(Cc2ccc(Cl)cc2)CC1. The highest BCUT2D eigenvalue weighted by molar-refractivity contribution is 9.10. The Morgan fingerprint density at radius 1 is 1.04 bits per heavy atom. The number of nitrogens with one attached hydrogen (secondary N) is 2. The molecular weight excluding hydrogens is 442 g/mol. The van der Waals surface area contributed by atoms with Gasteiger partial charge in [0.05, 0.1) is 6.54 Å². The van der Waals surface area contributed by atoms with Crippen LogP contribution in [0, 0.1) is 0 Å². The highest BCUT2D eigenvalue weighted by atomic mass is 79.9. The topological polar surface area (TPSA) is 61.4 Å². The number of hydrogen-bond donors (Lipinski definition) is 2. The minimum atomic E-state index is -0.250. The molecule has 1 fully saturated rings. The van der Waals surface area contributed by atoms with E-state index < -0.39 is 0 Å². The Balaban J connectivity index is 1.37. The Morgan fingerprint density at radius 3 is 2.32 bits per heavy atom. The number of piperidine rings is 1. The smallest absolute Gasteiger partial charge is 0.251 e. The lowest BCUT2D eigenvalue weighted by Crippen LogP contribution is -2.47. The third-order valence-electron chi connectivity index (χ3n) is 4.79. The first-order chi connectivity index (χ1) is 13.5. The molecule has 28 heavy (non-hydrogen) atoms. The second kappa shape index (κ2) is 10.0. The van der Waals surface area contributed by atoms with E-state index in [4.69, 9.17) is 11.6 Å². The number of nitrogens with zero attached hydrogens (tertiary/aromatic N) is 1. The Hall–Kier alpha value is -1.89. The fourth-order valence-electron chi connectivity index (χ4n) is 3.23. The van der Waals surface area contributed by atoms with E-state index in [2.05, 4.69) is 31.5 Å². The molecule has 7 heteroatoms. The number of benzene rings is 2. The average molecular weight is 465 g/mol. The molecule has 1 saturated heterocycles. The molecule has 5 nitrogen and oxygen atoms in total. The van der Waals surface area contributed by atoms with Crippen LogP contribution < -0.4 is 10.6 Å². The maximum absolute atomic E-state index is 12.1. The molecule has 1 heterocycles. The van der Waals surface area contributed by atoms with Gasteiger partial charge in [-0.15, -0.1) is 0 Å². The van der Waals surface area contributed by atoms with E-state index in [1.807, 2.05) is 24.3 Å². The number of hydrogen-bond acceptors (Lipinski definition) is 3. The monoisotopic (exact) mass is 463 g/mol. The van der Waals surface area contributed by atoms with E-state index in [9.17, 15) is 9.59 Å². The van der Waals surface area contributed by atoms with Crippen molar-refractivity contribution in [2.75, 3.05) is 19.6 Å². The van der Waals surface area contributed by atoms with E-state index >= 15 is 0 Å². The van der Waals surface area contributed by atoms with Gasteiger partial charge < -0.3 is 10.6 Å². The molecule has 1 aliphatic rings. The van der Waals surface area contributed by atoms with E-state index in [0.29, 0.717) is 5.56 Å². The summed E-state index contributed by atoms with van der Waals surface area (Å²) in [5.74, 6) is -0.401. The summed E-state index contributed by atoms with van der Waals surface area (Å²) < 4.78 is 0.907. The molecule has 2 aromatic rings. The molecule has 0 bridgehead atoms. The van der Waals surface area contributed by atoms with Crippen molar-refractivity contribution in [1.82, 2.24) is 15.5 Å². The maximum atomic E-state index is 12.1. The summed E-state index contributed by atoms with van der Waals surface area (Å²) in [5.41, 5.74) is 1.77. The first-order valence-corrected chi connectivity index (χ1v) is 10.5. The van der Waals surface area contributed by atoms with Crippen molar-refractivity contribution in [3.05, 3.63) is 69.2 Å². The summed E-state index contributed by atoms with van der Waals surface area (Å²) in [6, 6.07) is 15.1. The van der Waals surface area contributed by atoms with Gasteiger partial charge in [-0.3, -0.25) is 14.5 Å². The van der Waals surface area contributed by atoms with Crippen LogP contribution in [0.1, 0.15) is 28.8 Å². The second-order valence-electron chi connectivity index (χ2n) is 6.93. The van der Waals surface area contributed by atoms with Gasteiger partial charge in [-0.1, -0.05) is 39.7 Å². The zero-order valence-electron chi connectivity index (χ0n) is 15.5. The largest absolute Gasteiger partial charge is 0.352 e. The molecule has 148 valence electrons. The number of likely N-dealkylation sites (tertiary alicyclic amines) is 1. The van der Waals surface area contributed by atoms with Gasteiger partial charge in [-0.2, -0.15) is 0 Å². The van der Waals surface area contributed by atoms with E-state index in [0.717, 1.165) is 42.0 Å². The van der Waals surface area contributed by atoms with Gasteiger partial charge in [0.2, 0.25) is 5.91 Å². The first-order valence-electron chi connectivity index (χ1n) is 9.29. The van der Waals surface area contributed by atoms with Gasteiger partial charge in [0.15, 0.2) is 0 Å². The molecular formula is C21H23BrClN3O2. The highest BCUT2D eigenvalue weighted by Gasteiger charge is 2.21. The van der Waals surface area contributed by atoms with Crippen molar-refractivity contribution in [3.63, 3.8) is 0 Å². The zero-order valence-corrected chi connectivity index (χ0v) is 17.8. The molecule has 0 saturated carbocycles. The Kier molecular flexibility index (Phi) is 7.48. The summed E-state index contributed by atoms with van der Waals surface area (Å²) in [5, 5.41) is 6.44. The standard InChI is InChI=1S/C21H23BrClN3O2/c22-17-5-3-16(4-6-17)21(28)24-13-20(27)25-19-9-11-26(12-10-19)14-15-1-7-18(23)8-2-15/h1-8,19H,9-14H2,(H,24,28)(H,25,27). The molecule has 0 radical (unpaired) electrons. The van der Waals surface area contributed by atoms with Gasteiger partial charge in [0.25, 0.3) is 5.91 Å². The lowest BCUT2D eigenvalue weighted by molar-refractivity contribution is -0.121. The predicted molar refractivity (Wildman–Crippen MR) is 114 cm³/mol. The van der Waals surface area contributed by atoms with Crippen molar-refractivity contribution in [3.8, 4) is 0 Å². The van der Waals surface area contributed by atoms with Crippen LogP contribution in [0.2, 0.25) is 5.02 Å². The van der Waals surface area contributed by atoms with E-state index in [1.54, 1.807) is 24.3 Å².